The maximum Gasteiger partial charge on any atom is 0.0781 e. The minimum atomic E-state index is 0.583. The molecule has 12 heavy (non-hydrogen) atoms. The van der Waals surface area contributed by atoms with Crippen LogP contribution in [0.4, 0.5) is 11.4 Å². The van der Waals surface area contributed by atoms with Crippen LogP contribution in [-0.4, -0.2) is 12.7 Å². The van der Waals surface area contributed by atoms with Crippen LogP contribution in [0.3, 0.4) is 0 Å². The lowest BCUT2D eigenvalue weighted by Gasteiger charge is -1.90. The first-order chi connectivity index (χ1) is 5.68. The maximum atomic E-state index is 5.37. The first kappa shape index (κ1) is 8.87. The van der Waals surface area contributed by atoms with Gasteiger partial charge in [0.25, 0.3) is 0 Å². The van der Waals surface area contributed by atoms with Gasteiger partial charge in [-0.15, -0.1) is 0 Å². The molecular weight excluding hydrogens is 152 g/mol. The van der Waals surface area contributed by atoms with Gasteiger partial charge in [-0.2, -0.15) is 0 Å². The van der Waals surface area contributed by atoms with Crippen molar-refractivity contribution in [3.05, 3.63) is 24.3 Å². The van der Waals surface area contributed by atoms with Gasteiger partial charge in [-0.05, 0) is 31.2 Å². The second-order valence-electron chi connectivity index (χ2n) is 2.81. The Morgan fingerprint density at radius 3 is 1.58 bits per heavy atom. The Balaban J connectivity index is 0.000000150. The molecule has 2 rings (SSSR count). The summed E-state index contributed by atoms with van der Waals surface area (Å²) in [7, 11) is 0. The Hall–Kier alpha value is -1.22. The Kier molecular flexibility index (Phi) is 2.94. The van der Waals surface area contributed by atoms with Gasteiger partial charge >= 0.3 is 0 Å². The second kappa shape index (κ2) is 3.97. The molecule has 1 saturated heterocycles. The van der Waals surface area contributed by atoms with E-state index in [0.717, 1.165) is 18.0 Å². The van der Waals surface area contributed by atoms with Crippen molar-refractivity contribution >= 4 is 11.4 Å². The molecule has 0 aliphatic carbocycles. The van der Waals surface area contributed by atoms with E-state index in [1.54, 1.807) is 24.3 Å². The van der Waals surface area contributed by atoms with Crippen LogP contribution < -0.4 is 11.5 Å². The number of ether oxygens (including phenoxy) is 1. The average molecular weight is 166 g/mol. The van der Waals surface area contributed by atoms with E-state index >= 15 is 0 Å². The molecule has 1 heterocycles. The monoisotopic (exact) mass is 166 g/mol. The lowest BCUT2D eigenvalue weighted by atomic mass is 10.3. The molecule has 0 bridgehead atoms. The summed E-state index contributed by atoms with van der Waals surface area (Å²) in [6, 6.07) is 7.09. The summed E-state index contributed by atoms with van der Waals surface area (Å²) in [5.74, 6) is 0. The van der Waals surface area contributed by atoms with Crippen molar-refractivity contribution < 1.29 is 4.74 Å². The van der Waals surface area contributed by atoms with Gasteiger partial charge in [0.15, 0.2) is 0 Å². The number of nitrogen functional groups attached to an aromatic ring is 2. The molecule has 0 amide bonds. The number of rotatable bonds is 0. The van der Waals surface area contributed by atoms with E-state index in [0.29, 0.717) is 6.10 Å². The van der Waals surface area contributed by atoms with Crippen LogP contribution in [0.2, 0.25) is 0 Å². The molecular formula is C9H14N2O. The van der Waals surface area contributed by atoms with Crippen LogP contribution in [0.1, 0.15) is 6.92 Å². The third kappa shape index (κ3) is 3.83. The first-order valence-corrected chi connectivity index (χ1v) is 3.91. The van der Waals surface area contributed by atoms with Crippen LogP contribution in [0.5, 0.6) is 0 Å². The van der Waals surface area contributed by atoms with Crippen molar-refractivity contribution in [2.75, 3.05) is 18.1 Å². The predicted molar refractivity (Wildman–Crippen MR) is 50.7 cm³/mol. The summed E-state index contributed by atoms with van der Waals surface area (Å²) in [5, 5.41) is 0. The number of hydrogen-bond acceptors (Lipinski definition) is 3. The van der Waals surface area contributed by atoms with Gasteiger partial charge in [-0.1, -0.05) is 0 Å². The van der Waals surface area contributed by atoms with Crippen molar-refractivity contribution in [3.8, 4) is 0 Å². The highest BCUT2D eigenvalue weighted by molar-refractivity contribution is 5.47. The average Bonchev–Trinajstić information content (AvgIpc) is 2.80. The zero-order valence-corrected chi connectivity index (χ0v) is 7.16. The highest BCUT2D eigenvalue weighted by atomic mass is 16.6. The Bertz CT molecular complexity index is 208. The molecule has 1 aliphatic rings. The van der Waals surface area contributed by atoms with Gasteiger partial charge in [0.2, 0.25) is 0 Å². The Morgan fingerprint density at radius 2 is 1.42 bits per heavy atom. The molecule has 0 aromatic heterocycles. The Morgan fingerprint density at radius 1 is 1.17 bits per heavy atom. The maximum absolute atomic E-state index is 5.37. The van der Waals surface area contributed by atoms with Gasteiger partial charge in [-0.25, -0.2) is 0 Å². The van der Waals surface area contributed by atoms with E-state index in [9.17, 15) is 0 Å². The van der Waals surface area contributed by atoms with E-state index in [1.807, 2.05) is 0 Å². The zero-order chi connectivity index (χ0) is 8.97. The van der Waals surface area contributed by atoms with E-state index in [1.165, 1.54) is 0 Å². The number of anilines is 2. The van der Waals surface area contributed by atoms with Crippen molar-refractivity contribution in [1.29, 1.82) is 0 Å². The van der Waals surface area contributed by atoms with Crippen LogP contribution in [-0.2, 0) is 4.74 Å². The topological polar surface area (TPSA) is 64.6 Å². The molecule has 1 aromatic rings. The molecule has 1 fully saturated rings. The summed E-state index contributed by atoms with van der Waals surface area (Å²) < 4.78 is 4.71. The fraction of sp³-hybridized carbons (Fsp3) is 0.333. The van der Waals surface area contributed by atoms with Gasteiger partial charge < -0.3 is 16.2 Å². The van der Waals surface area contributed by atoms with E-state index in [2.05, 4.69) is 6.92 Å². The van der Waals surface area contributed by atoms with E-state index in [4.69, 9.17) is 16.2 Å². The third-order valence-electron chi connectivity index (χ3n) is 1.44. The molecule has 1 atom stereocenters. The summed E-state index contributed by atoms with van der Waals surface area (Å²) in [6.07, 6.45) is 0.583. The SMILES string of the molecule is CC1CO1.Nc1ccc(N)cc1. The van der Waals surface area contributed by atoms with Crippen LogP contribution in [0.25, 0.3) is 0 Å². The summed E-state index contributed by atoms with van der Waals surface area (Å²) >= 11 is 0. The van der Waals surface area contributed by atoms with Crippen molar-refractivity contribution in [2.24, 2.45) is 0 Å². The molecule has 3 heteroatoms. The summed E-state index contributed by atoms with van der Waals surface area (Å²) in [6.45, 7) is 3.04. The van der Waals surface area contributed by atoms with Gasteiger partial charge in [0, 0.05) is 11.4 Å². The van der Waals surface area contributed by atoms with Crippen LogP contribution in [0, 0.1) is 0 Å². The number of epoxide rings is 1. The second-order valence-corrected chi connectivity index (χ2v) is 2.81. The quantitative estimate of drug-likeness (QED) is 0.450. The summed E-state index contributed by atoms with van der Waals surface area (Å²) in [4.78, 5) is 0. The number of nitrogens with two attached hydrogens (primary N) is 2. The standard InChI is InChI=1S/C6H8N2.C3H6O/c7-5-1-2-6(8)4-3-5;1-3-2-4-3/h1-4H,7-8H2;3H,2H2,1H3. The van der Waals surface area contributed by atoms with E-state index in [-0.39, 0.29) is 0 Å². The molecule has 66 valence electrons. The largest absolute Gasteiger partial charge is 0.399 e. The molecule has 4 N–H and O–H groups in total. The molecule has 1 aliphatic heterocycles. The predicted octanol–water partition coefficient (Wildman–Crippen LogP) is 1.26. The van der Waals surface area contributed by atoms with Crippen LogP contribution in [0.15, 0.2) is 24.3 Å². The molecule has 1 aromatic carbocycles. The highest BCUT2D eigenvalue weighted by Gasteiger charge is 2.13. The van der Waals surface area contributed by atoms with Gasteiger partial charge in [-0.3, -0.25) is 0 Å². The smallest absolute Gasteiger partial charge is 0.0781 e. The first-order valence-electron chi connectivity index (χ1n) is 3.91. The molecule has 1 unspecified atom stereocenters. The van der Waals surface area contributed by atoms with Crippen molar-refractivity contribution in [2.45, 2.75) is 13.0 Å². The fourth-order valence-electron chi connectivity index (χ4n) is 0.592. The fourth-order valence-corrected chi connectivity index (χ4v) is 0.592. The van der Waals surface area contributed by atoms with Crippen molar-refractivity contribution in [1.82, 2.24) is 0 Å². The highest BCUT2D eigenvalue weighted by Crippen LogP contribution is 2.05. The Labute approximate surface area is 72.3 Å². The zero-order valence-electron chi connectivity index (χ0n) is 7.16. The van der Waals surface area contributed by atoms with Crippen molar-refractivity contribution in [3.63, 3.8) is 0 Å². The molecule has 0 spiro atoms. The lowest BCUT2D eigenvalue weighted by Crippen LogP contribution is -1.86. The lowest BCUT2D eigenvalue weighted by molar-refractivity contribution is 0.423. The number of hydrogen-bond donors (Lipinski definition) is 2. The molecule has 0 saturated carbocycles. The van der Waals surface area contributed by atoms with Gasteiger partial charge in [0.1, 0.15) is 0 Å². The molecule has 3 nitrogen and oxygen atoms in total. The molecule has 0 radical (unpaired) electrons. The third-order valence-corrected chi connectivity index (χ3v) is 1.44. The minimum Gasteiger partial charge on any atom is -0.399 e. The number of benzene rings is 1. The van der Waals surface area contributed by atoms with E-state index < -0.39 is 0 Å². The summed E-state index contributed by atoms with van der Waals surface area (Å²) in [5.41, 5.74) is 12.2. The van der Waals surface area contributed by atoms with Gasteiger partial charge in [0.05, 0.1) is 12.7 Å². The van der Waals surface area contributed by atoms with Crippen LogP contribution >= 0.6 is 0 Å². The normalized spacial score (nSPS) is 19.2. The minimum absolute atomic E-state index is 0.583.